The summed E-state index contributed by atoms with van der Waals surface area (Å²) in [4.78, 5) is 21.1. The highest BCUT2D eigenvalue weighted by Gasteiger charge is 2.17. The number of benzene rings is 1. The summed E-state index contributed by atoms with van der Waals surface area (Å²) in [5.41, 5.74) is 4.80. The first-order valence-corrected chi connectivity index (χ1v) is 4.89. The standard InChI is InChI=1S/C11H10FN3O3/c1-2-3-9(13)11(16)14-7-4-5-8(12)10(6-7)15(17)18/h1,4-6,9H,3,13H2,(H,14,16). The Morgan fingerprint density at radius 2 is 2.33 bits per heavy atom. The molecule has 1 aromatic carbocycles. The normalized spacial score (nSPS) is 11.4. The maximum Gasteiger partial charge on any atom is 0.306 e. The molecule has 0 saturated carbocycles. The molecule has 0 radical (unpaired) electrons. The summed E-state index contributed by atoms with van der Waals surface area (Å²) < 4.78 is 13.0. The van der Waals surface area contributed by atoms with E-state index in [0.717, 1.165) is 12.1 Å². The van der Waals surface area contributed by atoms with Crippen LogP contribution in [0.3, 0.4) is 0 Å². The van der Waals surface area contributed by atoms with Gasteiger partial charge in [0.1, 0.15) is 0 Å². The van der Waals surface area contributed by atoms with Gasteiger partial charge in [-0.15, -0.1) is 12.3 Å². The molecule has 3 N–H and O–H groups in total. The van der Waals surface area contributed by atoms with Crippen molar-refractivity contribution < 1.29 is 14.1 Å². The van der Waals surface area contributed by atoms with Gasteiger partial charge in [-0.2, -0.15) is 4.39 Å². The third-order valence-electron chi connectivity index (χ3n) is 2.08. The number of rotatable bonds is 4. The van der Waals surface area contributed by atoms with Crippen molar-refractivity contribution in [3.8, 4) is 12.3 Å². The molecule has 1 atom stereocenters. The molecule has 0 fully saturated rings. The van der Waals surface area contributed by atoms with Gasteiger partial charge >= 0.3 is 5.69 Å². The Balaban J connectivity index is 2.86. The van der Waals surface area contributed by atoms with Gasteiger partial charge in [-0.3, -0.25) is 14.9 Å². The summed E-state index contributed by atoms with van der Waals surface area (Å²) in [6, 6.07) is 2.08. The SMILES string of the molecule is C#CCC(N)C(=O)Nc1ccc(F)c([N+](=O)[O-])c1. The second-order valence-corrected chi connectivity index (χ2v) is 3.43. The Morgan fingerprint density at radius 1 is 1.67 bits per heavy atom. The van der Waals surface area contributed by atoms with Crippen molar-refractivity contribution in [3.63, 3.8) is 0 Å². The lowest BCUT2D eigenvalue weighted by atomic mass is 10.2. The van der Waals surface area contributed by atoms with Crippen molar-refractivity contribution in [2.45, 2.75) is 12.5 Å². The number of nitro groups is 1. The zero-order valence-corrected chi connectivity index (χ0v) is 9.22. The molecule has 94 valence electrons. The van der Waals surface area contributed by atoms with Crippen LogP contribution in [0.1, 0.15) is 6.42 Å². The number of hydrogen-bond acceptors (Lipinski definition) is 4. The number of nitrogens with one attached hydrogen (secondary N) is 1. The van der Waals surface area contributed by atoms with Gasteiger partial charge in [0.15, 0.2) is 0 Å². The summed E-state index contributed by atoms with van der Waals surface area (Å²) in [5, 5.41) is 12.8. The number of anilines is 1. The van der Waals surface area contributed by atoms with E-state index in [1.165, 1.54) is 6.07 Å². The van der Waals surface area contributed by atoms with Gasteiger partial charge < -0.3 is 11.1 Å². The lowest BCUT2D eigenvalue weighted by Gasteiger charge is -2.09. The monoisotopic (exact) mass is 251 g/mol. The predicted octanol–water partition coefficient (Wildman–Crippen LogP) is 1.02. The van der Waals surface area contributed by atoms with Gasteiger partial charge in [-0.05, 0) is 12.1 Å². The Kier molecular flexibility index (Phi) is 4.34. The fourth-order valence-electron chi connectivity index (χ4n) is 1.18. The highest BCUT2D eigenvalue weighted by atomic mass is 19.1. The first-order chi connectivity index (χ1) is 8.45. The Bertz CT molecular complexity index is 525. The molecule has 18 heavy (non-hydrogen) atoms. The van der Waals surface area contributed by atoms with Crippen LogP contribution in [0.15, 0.2) is 18.2 Å². The molecule has 0 aromatic heterocycles. The first kappa shape index (κ1) is 13.6. The maximum absolute atomic E-state index is 13.0. The van der Waals surface area contributed by atoms with Crippen LogP contribution in [-0.4, -0.2) is 16.9 Å². The molecule has 0 saturated heterocycles. The minimum atomic E-state index is -0.981. The van der Waals surface area contributed by atoms with Crippen molar-refractivity contribution in [1.29, 1.82) is 0 Å². The molecule has 1 amide bonds. The molecular weight excluding hydrogens is 241 g/mol. The summed E-state index contributed by atoms with van der Waals surface area (Å²) in [5.74, 6) is 0.649. The van der Waals surface area contributed by atoms with Gasteiger partial charge in [-0.1, -0.05) is 0 Å². The van der Waals surface area contributed by atoms with E-state index in [-0.39, 0.29) is 12.1 Å². The van der Waals surface area contributed by atoms with Crippen LogP contribution in [0.25, 0.3) is 0 Å². The predicted molar refractivity (Wildman–Crippen MR) is 63.1 cm³/mol. The molecule has 1 aromatic rings. The van der Waals surface area contributed by atoms with Crippen LogP contribution in [0.5, 0.6) is 0 Å². The van der Waals surface area contributed by atoms with Gasteiger partial charge in [-0.25, -0.2) is 0 Å². The zero-order valence-electron chi connectivity index (χ0n) is 9.22. The first-order valence-electron chi connectivity index (χ1n) is 4.89. The number of carbonyl (C=O) groups excluding carboxylic acids is 1. The van der Waals surface area contributed by atoms with Crippen molar-refractivity contribution in [2.75, 3.05) is 5.32 Å². The number of nitro benzene ring substituents is 1. The second kappa shape index (κ2) is 5.75. The van der Waals surface area contributed by atoms with Gasteiger partial charge in [0.2, 0.25) is 11.7 Å². The average molecular weight is 251 g/mol. The van der Waals surface area contributed by atoms with Crippen LogP contribution in [-0.2, 0) is 4.79 Å². The van der Waals surface area contributed by atoms with E-state index in [2.05, 4.69) is 11.2 Å². The summed E-state index contributed by atoms with van der Waals surface area (Å²) in [6.07, 6.45) is 5.03. The Morgan fingerprint density at radius 3 is 2.89 bits per heavy atom. The van der Waals surface area contributed by atoms with E-state index < -0.39 is 28.4 Å². The van der Waals surface area contributed by atoms with Crippen molar-refractivity contribution in [1.82, 2.24) is 0 Å². The number of amides is 1. The minimum Gasteiger partial charge on any atom is -0.324 e. The van der Waals surface area contributed by atoms with E-state index >= 15 is 0 Å². The maximum atomic E-state index is 13.0. The molecule has 6 nitrogen and oxygen atoms in total. The molecule has 0 spiro atoms. The van der Waals surface area contributed by atoms with Crippen LogP contribution in [0.2, 0.25) is 0 Å². The molecule has 0 bridgehead atoms. The summed E-state index contributed by atoms with van der Waals surface area (Å²) >= 11 is 0. The van der Waals surface area contributed by atoms with Crippen LogP contribution < -0.4 is 11.1 Å². The number of nitrogens with two attached hydrogens (primary N) is 1. The second-order valence-electron chi connectivity index (χ2n) is 3.43. The van der Waals surface area contributed by atoms with Crippen molar-refractivity contribution in [3.05, 3.63) is 34.1 Å². The third-order valence-corrected chi connectivity index (χ3v) is 2.08. The Labute approximate surface area is 102 Å². The van der Waals surface area contributed by atoms with Crippen LogP contribution >= 0.6 is 0 Å². The summed E-state index contributed by atoms with van der Waals surface area (Å²) in [6.45, 7) is 0. The molecule has 1 unspecified atom stereocenters. The molecule has 0 aliphatic heterocycles. The number of terminal acetylenes is 1. The topological polar surface area (TPSA) is 98.3 Å². The van der Waals surface area contributed by atoms with Crippen molar-refractivity contribution >= 4 is 17.3 Å². The zero-order chi connectivity index (χ0) is 13.7. The molecule has 0 aliphatic rings. The Hall–Kier alpha value is -2.46. The molecule has 1 rings (SSSR count). The van der Waals surface area contributed by atoms with Gasteiger partial charge in [0.05, 0.1) is 11.0 Å². The smallest absolute Gasteiger partial charge is 0.306 e. The number of hydrogen-bond donors (Lipinski definition) is 2. The average Bonchev–Trinajstić information content (AvgIpc) is 2.31. The van der Waals surface area contributed by atoms with Crippen LogP contribution in [0, 0.1) is 28.3 Å². The van der Waals surface area contributed by atoms with E-state index in [1.54, 1.807) is 0 Å². The van der Waals surface area contributed by atoms with Crippen LogP contribution in [0.4, 0.5) is 15.8 Å². The van der Waals surface area contributed by atoms with E-state index in [9.17, 15) is 19.3 Å². The number of halogens is 1. The van der Waals surface area contributed by atoms with E-state index in [4.69, 9.17) is 12.2 Å². The fraction of sp³-hybridized carbons (Fsp3) is 0.182. The minimum absolute atomic E-state index is 0.0368. The number of nitrogens with zero attached hydrogens (tertiary/aromatic N) is 1. The van der Waals surface area contributed by atoms with E-state index in [0.29, 0.717) is 0 Å². The molecule has 7 heteroatoms. The van der Waals surface area contributed by atoms with Gasteiger partial charge in [0.25, 0.3) is 0 Å². The third kappa shape index (κ3) is 3.26. The highest BCUT2D eigenvalue weighted by molar-refractivity contribution is 5.95. The fourth-order valence-corrected chi connectivity index (χ4v) is 1.18. The molecular formula is C11H10FN3O3. The van der Waals surface area contributed by atoms with E-state index in [1.807, 2.05) is 0 Å². The lowest BCUT2D eigenvalue weighted by Crippen LogP contribution is -2.35. The lowest BCUT2D eigenvalue weighted by molar-refractivity contribution is -0.387. The van der Waals surface area contributed by atoms with Gasteiger partial charge in [0, 0.05) is 18.2 Å². The summed E-state index contributed by atoms with van der Waals surface area (Å²) in [7, 11) is 0. The molecule has 0 aliphatic carbocycles. The largest absolute Gasteiger partial charge is 0.324 e. The van der Waals surface area contributed by atoms with Crippen molar-refractivity contribution in [2.24, 2.45) is 5.73 Å². The number of carbonyl (C=O) groups is 1. The quantitative estimate of drug-likeness (QED) is 0.474. The molecule has 0 heterocycles. The highest BCUT2D eigenvalue weighted by Crippen LogP contribution is 2.21.